The summed E-state index contributed by atoms with van der Waals surface area (Å²) < 4.78 is 3.95. The van der Waals surface area contributed by atoms with Crippen molar-refractivity contribution in [1.82, 2.24) is 0 Å². The van der Waals surface area contributed by atoms with E-state index < -0.39 is 0 Å². The minimum atomic E-state index is 0.901. The molecule has 0 aromatic carbocycles. The molecule has 0 atom stereocenters. The van der Waals surface area contributed by atoms with Crippen LogP contribution in [0.25, 0.3) is 0 Å². The average Bonchev–Trinajstić information content (AvgIpc) is 2.05. The van der Waals surface area contributed by atoms with Crippen molar-refractivity contribution in [3.8, 4) is 0 Å². The molecule has 2 nitrogen and oxygen atoms in total. The number of hydrogen-bond acceptors (Lipinski definition) is 2. The standard InChI is InChI=1S/C8H15N2P/c1-4-6-8(9-3)7(5-2)10-11/h11H,3-6H2,1-2H3/b8-7-. The Balaban J connectivity index is 4.46. The zero-order valence-corrected chi connectivity index (χ0v) is 8.22. The van der Waals surface area contributed by atoms with E-state index in [4.69, 9.17) is 0 Å². The first-order valence-electron chi connectivity index (χ1n) is 3.86. The van der Waals surface area contributed by atoms with Gasteiger partial charge in [0.1, 0.15) is 0 Å². The summed E-state index contributed by atoms with van der Waals surface area (Å²) in [6, 6.07) is 0. The first kappa shape index (κ1) is 10.5. The van der Waals surface area contributed by atoms with Crippen LogP contribution in [-0.4, -0.2) is 6.72 Å². The molecule has 62 valence electrons. The summed E-state index contributed by atoms with van der Waals surface area (Å²) >= 11 is 0. The van der Waals surface area contributed by atoms with E-state index in [1.165, 1.54) is 0 Å². The zero-order chi connectivity index (χ0) is 8.69. The van der Waals surface area contributed by atoms with Crippen molar-refractivity contribution in [3.05, 3.63) is 11.4 Å². The van der Waals surface area contributed by atoms with Gasteiger partial charge >= 0.3 is 0 Å². The van der Waals surface area contributed by atoms with E-state index in [0.717, 1.165) is 30.7 Å². The molecule has 0 aromatic heterocycles. The molecule has 0 heterocycles. The van der Waals surface area contributed by atoms with Crippen LogP contribution in [0, 0.1) is 0 Å². The fourth-order valence-corrected chi connectivity index (χ4v) is 1.19. The molecular weight excluding hydrogens is 155 g/mol. The fourth-order valence-electron chi connectivity index (χ4n) is 0.899. The van der Waals surface area contributed by atoms with E-state index in [2.05, 4.69) is 39.3 Å². The van der Waals surface area contributed by atoms with Gasteiger partial charge in [0, 0.05) is 0 Å². The van der Waals surface area contributed by atoms with Gasteiger partial charge in [-0.25, -0.2) is 4.74 Å². The molecule has 0 radical (unpaired) electrons. The summed E-state index contributed by atoms with van der Waals surface area (Å²) in [7, 11) is 3.11. The quantitative estimate of drug-likeness (QED) is 0.446. The van der Waals surface area contributed by atoms with Gasteiger partial charge in [-0.05, 0) is 28.6 Å². The SMILES string of the molecule is C=N/C(CCC)=C(/CC)N=P. The van der Waals surface area contributed by atoms with Gasteiger partial charge in [0.25, 0.3) is 0 Å². The van der Waals surface area contributed by atoms with Gasteiger partial charge in [0.15, 0.2) is 0 Å². The van der Waals surface area contributed by atoms with E-state index >= 15 is 0 Å². The van der Waals surface area contributed by atoms with Crippen LogP contribution in [0.2, 0.25) is 0 Å². The van der Waals surface area contributed by atoms with Gasteiger partial charge in [0.05, 0.1) is 11.4 Å². The molecule has 0 aromatic rings. The highest BCUT2D eigenvalue weighted by molar-refractivity contribution is 7.04. The van der Waals surface area contributed by atoms with Crippen LogP contribution in [0.3, 0.4) is 0 Å². The molecule has 0 rings (SSSR count). The summed E-state index contributed by atoms with van der Waals surface area (Å²) in [5.41, 5.74) is 2.00. The second-order valence-corrected chi connectivity index (χ2v) is 2.49. The number of nitrogens with zero attached hydrogens (tertiary/aromatic N) is 2. The molecule has 0 saturated carbocycles. The molecular formula is C8H15N2P. The summed E-state index contributed by atoms with van der Waals surface area (Å²) in [6.07, 6.45) is 2.94. The van der Waals surface area contributed by atoms with Crippen molar-refractivity contribution in [3.63, 3.8) is 0 Å². The maximum Gasteiger partial charge on any atom is 0.0657 e. The maximum atomic E-state index is 3.95. The Bertz CT molecular complexity index is 173. The summed E-state index contributed by atoms with van der Waals surface area (Å²) in [5, 5.41) is 0. The Labute approximate surface area is 70.7 Å². The summed E-state index contributed by atoms with van der Waals surface area (Å²) in [6.45, 7) is 7.68. The van der Waals surface area contributed by atoms with Crippen LogP contribution < -0.4 is 0 Å². The lowest BCUT2D eigenvalue weighted by Gasteiger charge is -2.02. The maximum absolute atomic E-state index is 3.95. The van der Waals surface area contributed by atoms with E-state index in [-0.39, 0.29) is 0 Å². The van der Waals surface area contributed by atoms with Crippen molar-refractivity contribution in [2.75, 3.05) is 0 Å². The molecule has 0 amide bonds. The van der Waals surface area contributed by atoms with Gasteiger partial charge in [-0.1, -0.05) is 20.3 Å². The van der Waals surface area contributed by atoms with Crippen LogP contribution >= 0.6 is 9.03 Å². The van der Waals surface area contributed by atoms with Crippen molar-refractivity contribution in [1.29, 1.82) is 0 Å². The molecule has 0 bridgehead atoms. The lowest BCUT2D eigenvalue weighted by Crippen LogP contribution is -1.84. The molecule has 0 spiro atoms. The van der Waals surface area contributed by atoms with Gasteiger partial charge < -0.3 is 0 Å². The molecule has 0 unspecified atom stereocenters. The predicted octanol–water partition coefficient (Wildman–Crippen LogP) is 3.44. The Kier molecular flexibility index (Phi) is 5.96. The number of rotatable bonds is 5. The Morgan fingerprint density at radius 3 is 2.27 bits per heavy atom. The monoisotopic (exact) mass is 170 g/mol. The third-order valence-electron chi connectivity index (χ3n) is 1.48. The first-order valence-corrected chi connectivity index (χ1v) is 4.31. The average molecular weight is 170 g/mol. The van der Waals surface area contributed by atoms with Crippen LogP contribution in [-0.2, 0) is 0 Å². The third-order valence-corrected chi connectivity index (χ3v) is 1.75. The smallest absolute Gasteiger partial charge is 0.0657 e. The van der Waals surface area contributed by atoms with Crippen LogP contribution in [0.15, 0.2) is 21.1 Å². The molecule has 0 aliphatic heterocycles. The van der Waals surface area contributed by atoms with E-state index in [0.29, 0.717) is 0 Å². The first-order chi connectivity index (χ1) is 5.29. The number of hydrogen-bond donors (Lipinski definition) is 0. The van der Waals surface area contributed by atoms with Crippen molar-refractivity contribution in [2.24, 2.45) is 9.74 Å². The fraction of sp³-hybridized carbons (Fsp3) is 0.625. The molecule has 0 saturated heterocycles. The highest BCUT2D eigenvalue weighted by atomic mass is 31.0. The minimum absolute atomic E-state index is 0.901. The summed E-state index contributed by atoms with van der Waals surface area (Å²) in [5.74, 6) is 0. The van der Waals surface area contributed by atoms with Crippen LogP contribution in [0.1, 0.15) is 33.1 Å². The van der Waals surface area contributed by atoms with Crippen molar-refractivity contribution in [2.45, 2.75) is 33.1 Å². The highest BCUT2D eigenvalue weighted by Crippen LogP contribution is 2.16. The topological polar surface area (TPSA) is 24.7 Å². The zero-order valence-electron chi connectivity index (χ0n) is 7.22. The molecule has 3 heteroatoms. The third kappa shape index (κ3) is 3.43. The van der Waals surface area contributed by atoms with Crippen LogP contribution in [0.4, 0.5) is 0 Å². The van der Waals surface area contributed by atoms with Gasteiger partial charge in [-0.15, -0.1) is 0 Å². The Hall–Kier alpha value is -0.490. The summed E-state index contributed by atoms with van der Waals surface area (Å²) in [4.78, 5) is 3.92. The predicted molar refractivity (Wildman–Crippen MR) is 52.5 cm³/mol. The molecule has 0 aliphatic carbocycles. The second kappa shape index (κ2) is 6.23. The van der Waals surface area contributed by atoms with Gasteiger partial charge in [0.2, 0.25) is 0 Å². The lowest BCUT2D eigenvalue weighted by molar-refractivity contribution is 0.860. The Morgan fingerprint density at radius 1 is 1.36 bits per heavy atom. The minimum Gasteiger partial charge on any atom is -0.267 e. The number of aliphatic imine (C=N–C) groups is 1. The molecule has 11 heavy (non-hydrogen) atoms. The lowest BCUT2D eigenvalue weighted by atomic mass is 10.2. The van der Waals surface area contributed by atoms with Crippen LogP contribution in [0.5, 0.6) is 0 Å². The molecule has 0 aliphatic rings. The number of allylic oxidation sites excluding steroid dienone is 2. The van der Waals surface area contributed by atoms with E-state index in [9.17, 15) is 0 Å². The van der Waals surface area contributed by atoms with E-state index in [1.54, 1.807) is 0 Å². The van der Waals surface area contributed by atoms with Gasteiger partial charge in [-0.2, -0.15) is 0 Å². The molecule has 0 N–H and O–H groups in total. The van der Waals surface area contributed by atoms with E-state index in [1.807, 2.05) is 0 Å². The largest absolute Gasteiger partial charge is 0.267 e. The van der Waals surface area contributed by atoms with Crippen molar-refractivity contribution < 1.29 is 0 Å². The van der Waals surface area contributed by atoms with Crippen molar-refractivity contribution >= 4 is 15.7 Å². The second-order valence-electron chi connectivity index (χ2n) is 2.27. The molecule has 0 fully saturated rings. The highest BCUT2D eigenvalue weighted by Gasteiger charge is 1.99. The normalized spacial score (nSPS) is 12.2. The van der Waals surface area contributed by atoms with Gasteiger partial charge in [-0.3, -0.25) is 4.99 Å². The Morgan fingerprint density at radius 2 is 2.00 bits per heavy atom.